The predicted molar refractivity (Wildman–Crippen MR) is 53.7 cm³/mol. The molecule has 14 heavy (non-hydrogen) atoms. The fraction of sp³-hybridized carbons (Fsp3) is 1.00. The fourth-order valence-corrected chi connectivity index (χ4v) is 0.671. The van der Waals surface area contributed by atoms with Gasteiger partial charge in [-0.05, 0) is 19.6 Å². The molecule has 0 aliphatic rings. The van der Waals surface area contributed by atoms with Gasteiger partial charge < -0.3 is 9.45 Å². The SMILES string of the molecule is CCN(CC)CC.CCS(=O)(=O)[O-].[Na+]. The smallest absolute Gasteiger partial charge is 0.748 e. The minimum atomic E-state index is -3.91. The summed E-state index contributed by atoms with van der Waals surface area (Å²) in [5, 5.41) is 0. The molecule has 0 rings (SSSR count). The van der Waals surface area contributed by atoms with Crippen LogP contribution in [0.5, 0.6) is 0 Å². The van der Waals surface area contributed by atoms with Gasteiger partial charge in [-0.1, -0.05) is 27.7 Å². The van der Waals surface area contributed by atoms with Crippen molar-refractivity contribution in [1.82, 2.24) is 4.90 Å². The Bertz CT molecular complexity index is 185. The zero-order chi connectivity index (χ0) is 10.9. The maximum Gasteiger partial charge on any atom is 1.00 e. The average Bonchev–Trinajstić information content (AvgIpc) is 2.07. The third kappa shape index (κ3) is 18.6. The third-order valence-electron chi connectivity index (χ3n) is 1.70. The van der Waals surface area contributed by atoms with Crippen LogP contribution in [-0.4, -0.2) is 43.3 Å². The average molecular weight is 233 g/mol. The molecule has 0 aromatic carbocycles. The summed E-state index contributed by atoms with van der Waals surface area (Å²) in [5.41, 5.74) is 0. The van der Waals surface area contributed by atoms with Crippen molar-refractivity contribution in [3.63, 3.8) is 0 Å². The number of rotatable bonds is 4. The summed E-state index contributed by atoms with van der Waals surface area (Å²) in [5.74, 6) is -0.312. The van der Waals surface area contributed by atoms with E-state index in [4.69, 9.17) is 0 Å². The van der Waals surface area contributed by atoms with Crippen LogP contribution in [0.25, 0.3) is 0 Å². The standard InChI is InChI=1S/C6H15N.C2H6O3S.Na/c1-4-7(5-2)6-3;1-2-6(3,4)5;/h4-6H2,1-3H3;2H2,1H3,(H,3,4,5);/q;;+1/p-1. The van der Waals surface area contributed by atoms with E-state index in [2.05, 4.69) is 25.7 Å². The Morgan fingerprint density at radius 1 is 1.00 bits per heavy atom. The molecule has 0 unspecified atom stereocenters. The zero-order valence-electron chi connectivity index (χ0n) is 9.91. The summed E-state index contributed by atoms with van der Waals surface area (Å²) in [6, 6.07) is 0. The molecule has 0 spiro atoms. The summed E-state index contributed by atoms with van der Waals surface area (Å²) in [6.45, 7) is 11.4. The quantitative estimate of drug-likeness (QED) is 0.412. The first kappa shape index (κ1) is 20.3. The molecule has 0 saturated heterocycles. The molecule has 0 radical (unpaired) electrons. The van der Waals surface area contributed by atoms with Gasteiger partial charge in [-0.25, -0.2) is 8.42 Å². The van der Waals surface area contributed by atoms with Crippen molar-refractivity contribution in [3.05, 3.63) is 0 Å². The van der Waals surface area contributed by atoms with Gasteiger partial charge >= 0.3 is 29.6 Å². The van der Waals surface area contributed by atoms with Crippen LogP contribution < -0.4 is 29.6 Å². The molecule has 0 heterocycles. The van der Waals surface area contributed by atoms with Crippen molar-refractivity contribution in [1.29, 1.82) is 0 Å². The van der Waals surface area contributed by atoms with Crippen molar-refractivity contribution >= 4 is 10.1 Å². The summed E-state index contributed by atoms with van der Waals surface area (Å²) in [6.07, 6.45) is 0. The van der Waals surface area contributed by atoms with Crippen molar-refractivity contribution < 1.29 is 42.5 Å². The van der Waals surface area contributed by atoms with Gasteiger partial charge in [0.15, 0.2) is 0 Å². The van der Waals surface area contributed by atoms with Gasteiger partial charge in [0.1, 0.15) is 0 Å². The van der Waals surface area contributed by atoms with E-state index in [-0.39, 0.29) is 35.3 Å². The number of nitrogens with zero attached hydrogens (tertiary/aromatic N) is 1. The van der Waals surface area contributed by atoms with Crippen molar-refractivity contribution in [2.45, 2.75) is 27.7 Å². The monoisotopic (exact) mass is 233 g/mol. The molecule has 6 heteroatoms. The van der Waals surface area contributed by atoms with Gasteiger partial charge in [0.05, 0.1) is 10.1 Å². The Morgan fingerprint density at radius 3 is 1.21 bits per heavy atom. The van der Waals surface area contributed by atoms with Crippen LogP contribution in [0, 0.1) is 0 Å². The molecule has 4 nitrogen and oxygen atoms in total. The molecule has 0 aromatic rings. The van der Waals surface area contributed by atoms with E-state index in [0.717, 1.165) is 0 Å². The second kappa shape index (κ2) is 11.9. The topological polar surface area (TPSA) is 60.4 Å². The van der Waals surface area contributed by atoms with Gasteiger partial charge in [-0.3, -0.25) is 0 Å². The first-order valence-electron chi connectivity index (χ1n) is 4.57. The molecule has 0 aromatic heterocycles. The van der Waals surface area contributed by atoms with E-state index in [0.29, 0.717) is 0 Å². The summed E-state index contributed by atoms with van der Waals surface area (Å²) < 4.78 is 28.3. The van der Waals surface area contributed by atoms with Crippen LogP contribution >= 0.6 is 0 Å². The summed E-state index contributed by atoms with van der Waals surface area (Å²) >= 11 is 0. The fourth-order valence-electron chi connectivity index (χ4n) is 0.671. The predicted octanol–water partition coefficient (Wildman–Crippen LogP) is -2.10. The van der Waals surface area contributed by atoms with Crippen molar-refractivity contribution in [3.8, 4) is 0 Å². The minimum absolute atomic E-state index is 0. The number of hydrogen-bond donors (Lipinski definition) is 0. The second-order valence-electron chi connectivity index (χ2n) is 2.47. The maximum absolute atomic E-state index is 9.44. The summed E-state index contributed by atoms with van der Waals surface area (Å²) in [4.78, 5) is 2.38. The zero-order valence-corrected chi connectivity index (χ0v) is 12.7. The van der Waals surface area contributed by atoms with Gasteiger partial charge in [0.25, 0.3) is 0 Å². The van der Waals surface area contributed by atoms with Crippen LogP contribution in [0.4, 0.5) is 0 Å². The minimum Gasteiger partial charge on any atom is -0.748 e. The van der Waals surface area contributed by atoms with E-state index < -0.39 is 10.1 Å². The van der Waals surface area contributed by atoms with Gasteiger partial charge in [0.2, 0.25) is 0 Å². The van der Waals surface area contributed by atoms with Crippen LogP contribution in [0.3, 0.4) is 0 Å². The molecule has 0 saturated carbocycles. The van der Waals surface area contributed by atoms with Gasteiger partial charge in [-0.15, -0.1) is 0 Å². The van der Waals surface area contributed by atoms with Crippen LogP contribution in [0.1, 0.15) is 27.7 Å². The van der Waals surface area contributed by atoms with Gasteiger partial charge in [0, 0.05) is 5.75 Å². The molecular weight excluding hydrogens is 213 g/mol. The first-order valence-corrected chi connectivity index (χ1v) is 6.14. The van der Waals surface area contributed by atoms with Crippen molar-refractivity contribution in [2.24, 2.45) is 0 Å². The molecule has 82 valence electrons. The Labute approximate surface area is 110 Å². The molecule has 0 aliphatic heterocycles. The first-order chi connectivity index (χ1) is 5.91. The Morgan fingerprint density at radius 2 is 1.21 bits per heavy atom. The summed E-state index contributed by atoms with van der Waals surface area (Å²) in [7, 11) is -3.91. The van der Waals surface area contributed by atoms with Crippen molar-refractivity contribution in [2.75, 3.05) is 25.4 Å². The van der Waals surface area contributed by atoms with E-state index in [1.165, 1.54) is 26.6 Å². The molecular formula is C8H20NNaO3S. The van der Waals surface area contributed by atoms with Gasteiger partial charge in [-0.2, -0.15) is 0 Å². The Kier molecular flexibility index (Phi) is 17.3. The third-order valence-corrected chi connectivity index (χ3v) is 2.40. The van der Waals surface area contributed by atoms with E-state index in [1.807, 2.05) is 0 Å². The molecule has 0 atom stereocenters. The molecule has 0 aliphatic carbocycles. The Hall–Kier alpha value is 0.870. The number of hydrogen-bond acceptors (Lipinski definition) is 4. The molecule has 0 N–H and O–H groups in total. The van der Waals surface area contributed by atoms with E-state index >= 15 is 0 Å². The van der Waals surface area contributed by atoms with Crippen LogP contribution in [-0.2, 0) is 10.1 Å². The van der Waals surface area contributed by atoms with E-state index in [1.54, 1.807) is 0 Å². The second-order valence-corrected chi connectivity index (χ2v) is 4.16. The normalized spacial score (nSPS) is 10.1. The largest absolute Gasteiger partial charge is 1.00 e. The van der Waals surface area contributed by atoms with E-state index in [9.17, 15) is 13.0 Å². The molecule has 0 bridgehead atoms. The molecule has 0 fully saturated rings. The van der Waals surface area contributed by atoms with Crippen LogP contribution in [0.2, 0.25) is 0 Å². The molecule has 0 amide bonds. The van der Waals surface area contributed by atoms with Crippen LogP contribution in [0.15, 0.2) is 0 Å². The maximum atomic E-state index is 9.44. The Balaban J connectivity index is -0.000000163.